The van der Waals surface area contributed by atoms with Crippen LogP contribution in [-0.2, 0) is 4.79 Å². The minimum atomic E-state index is -0.927. The molecule has 1 aromatic rings. The van der Waals surface area contributed by atoms with Crippen LogP contribution >= 0.6 is 11.6 Å². The predicted molar refractivity (Wildman–Crippen MR) is 77.1 cm³/mol. The Morgan fingerprint density at radius 3 is 2.81 bits per heavy atom. The molecule has 1 fully saturated rings. The third-order valence-electron chi connectivity index (χ3n) is 3.62. The second-order valence-electron chi connectivity index (χ2n) is 5.27. The van der Waals surface area contributed by atoms with Crippen LogP contribution < -0.4 is 5.32 Å². The summed E-state index contributed by atoms with van der Waals surface area (Å²) in [5.41, 5.74) is -0.309. The van der Waals surface area contributed by atoms with E-state index in [1.165, 1.54) is 17.0 Å². The number of benzene rings is 1. The van der Waals surface area contributed by atoms with Crippen molar-refractivity contribution in [2.45, 2.75) is 13.3 Å². The molecule has 0 spiro atoms. The Labute approximate surface area is 126 Å². The van der Waals surface area contributed by atoms with Gasteiger partial charge in [-0.25, -0.2) is 4.79 Å². The minimum absolute atomic E-state index is 0.136. The maximum atomic E-state index is 12.2. The molecule has 1 aromatic carbocycles. The Bertz CT molecular complexity index is 641. The Morgan fingerprint density at radius 2 is 2.24 bits per heavy atom. The third-order valence-corrected chi connectivity index (χ3v) is 3.86. The molecule has 0 saturated carbocycles. The number of halogens is 1. The first kappa shape index (κ1) is 15.1. The maximum absolute atomic E-state index is 12.2. The van der Waals surface area contributed by atoms with Crippen molar-refractivity contribution in [2.24, 2.45) is 5.41 Å². The first-order chi connectivity index (χ1) is 9.85. The Hall–Kier alpha value is -2.26. The summed E-state index contributed by atoms with van der Waals surface area (Å²) in [6.07, 6.45) is 0.399. The lowest BCUT2D eigenvalue weighted by molar-refractivity contribution is -0.146. The van der Waals surface area contributed by atoms with E-state index < -0.39 is 17.4 Å². The number of likely N-dealkylation sites (tertiary alicyclic amines) is 1. The van der Waals surface area contributed by atoms with Gasteiger partial charge in [0, 0.05) is 18.1 Å². The molecular weight excluding hydrogens is 294 g/mol. The van der Waals surface area contributed by atoms with Gasteiger partial charge in [0.25, 0.3) is 0 Å². The van der Waals surface area contributed by atoms with Gasteiger partial charge < -0.3 is 15.3 Å². The van der Waals surface area contributed by atoms with Crippen LogP contribution in [0.5, 0.6) is 0 Å². The highest BCUT2D eigenvalue weighted by molar-refractivity contribution is 6.31. The van der Waals surface area contributed by atoms with Crippen LogP contribution in [0.1, 0.15) is 18.9 Å². The standard InChI is InChI=1S/C14H14ClN3O3/c1-14(12(19)20)4-5-18(8-14)13(21)17-11-6-10(15)3-2-9(11)7-16/h2-3,6H,4-5,8H2,1H3,(H,17,21)(H,19,20). The zero-order valence-electron chi connectivity index (χ0n) is 11.4. The van der Waals surface area contributed by atoms with Gasteiger partial charge in [-0.2, -0.15) is 5.26 Å². The van der Waals surface area contributed by atoms with Gasteiger partial charge >= 0.3 is 12.0 Å². The molecule has 1 atom stereocenters. The highest BCUT2D eigenvalue weighted by Gasteiger charge is 2.42. The third kappa shape index (κ3) is 3.09. The number of urea groups is 1. The number of carbonyl (C=O) groups excluding carboxylic acids is 1. The second kappa shape index (κ2) is 5.62. The van der Waals surface area contributed by atoms with Gasteiger partial charge in [-0.1, -0.05) is 11.6 Å². The molecule has 2 rings (SSSR count). The van der Waals surface area contributed by atoms with E-state index in [0.29, 0.717) is 29.2 Å². The van der Waals surface area contributed by atoms with E-state index in [2.05, 4.69) is 5.32 Å². The molecule has 7 heteroatoms. The molecule has 1 heterocycles. The van der Waals surface area contributed by atoms with Gasteiger partial charge in [-0.05, 0) is 31.5 Å². The number of anilines is 1. The van der Waals surface area contributed by atoms with E-state index in [-0.39, 0.29) is 6.54 Å². The lowest BCUT2D eigenvalue weighted by Crippen LogP contribution is -2.37. The molecule has 2 amide bonds. The number of rotatable bonds is 2. The molecule has 1 aliphatic heterocycles. The van der Waals surface area contributed by atoms with Crippen LogP contribution in [0.15, 0.2) is 18.2 Å². The lowest BCUT2D eigenvalue weighted by atomic mass is 9.90. The molecule has 1 unspecified atom stereocenters. The molecule has 110 valence electrons. The van der Waals surface area contributed by atoms with E-state index >= 15 is 0 Å². The van der Waals surface area contributed by atoms with Gasteiger partial charge in [0.05, 0.1) is 16.7 Å². The number of carboxylic acids is 1. The SMILES string of the molecule is CC1(C(=O)O)CCN(C(=O)Nc2cc(Cl)ccc2C#N)C1. The largest absolute Gasteiger partial charge is 0.481 e. The topological polar surface area (TPSA) is 93.4 Å². The molecule has 6 nitrogen and oxygen atoms in total. The summed E-state index contributed by atoms with van der Waals surface area (Å²) >= 11 is 5.85. The fraction of sp³-hybridized carbons (Fsp3) is 0.357. The predicted octanol–water partition coefficient (Wildman–Crippen LogP) is 2.54. The summed E-state index contributed by atoms with van der Waals surface area (Å²) < 4.78 is 0. The maximum Gasteiger partial charge on any atom is 0.321 e. The van der Waals surface area contributed by atoms with E-state index in [4.69, 9.17) is 22.0 Å². The minimum Gasteiger partial charge on any atom is -0.481 e. The fourth-order valence-corrected chi connectivity index (χ4v) is 2.39. The molecular formula is C14H14ClN3O3. The number of nitrogens with one attached hydrogen (secondary N) is 1. The van der Waals surface area contributed by atoms with E-state index in [1.54, 1.807) is 13.0 Å². The molecule has 0 radical (unpaired) electrons. The molecule has 0 bridgehead atoms. The van der Waals surface area contributed by atoms with Crippen LogP contribution in [0.2, 0.25) is 5.02 Å². The lowest BCUT2D eigenvalue weighted by Gasteiger charge is -2.20. The van der Waals surface area contributed by atoms with Crippen molar-refractivity contribution in [3.8, 4) is 6.07 Å². The Kier molecular flexibility index (Phi) is 4.05. The Balaban J connectivity index is 2.12. The molecule has 1 saturated heterocycles. The smallest absolute Gasteiger partial charge is 0.321 e. The number of amides is 2. The fourth-order valence-electron chi connectivity index (χ4n) is 2.22. The highest BCUT2D eigenvalue weighted by Crippen LogP contribution is 2.30. The van der Waals surface area contributed by atoms with E-state index in [1.807, 2.05) is 6.07 Å². The van der Waals surface area contributed by atoms with Crippen LogP contribution in [0, 0.1) is 16.7 Å². The van der Waals surface area contributed by atoms with Gasteiger partial charge in [0.2, 0.25) is 0 Å². The second-order valence-corrected chi connectivity index (χ2v) is 5.71. The summed E-state index contributed by atoms with van der Waals surface area (Å²) in [4.78, 5) is 24.8. The summed E-state index contributed by atoms with van der Waals surface area (Å²) in [6, 6.07) is 6.11. The number of carboxylic acid groups (broad SMARTS) is 1. The monoisotopic (exact) mass is 307 g/mol. The van der Waals surface area contributed by atoms with Crippen molar-refractivity contribution >= 4 is 29.3 Å². The average Bonchev–Trinajstić information content (AvgIpc) is 2.83. The summed E-state index contributed by atoms with van der Waals surface area (Å²) in [5.74, 6) is -0.918. The Morgan fingerprint density at radius 1 is 1.52 bits per heavy atom. The average molecular weight is 308 g/mol. The first-order valence-electron chi connectivity index (χ1n) is 6.35. The molecule has 2 N–H and O–H groups in total. The van der Waals surface area contributed by atoms with Gasteiger partial charge in [-0.15, -0.1) is 0 Å². The van der Waals surface area contributed by atoms with E-state index in [9.17, 15) is 9.59 Å². The highest BCUT2D eigenvalue weighted by atomic mass is 35.5. The zero-order chi connectivity index (χ0) is 15.6. The number of carbonyl (C=O) groups is 2. The van der Waals surface area contributed by atoms with E-state index in [0.717, 1.165) is 0 Å². The van der Waals surface area contributed by atoms with Crippen molar-refractivity contribution < 1.29 is 14.7 Å². The van der Waals surface area contributed by atoms with Crippen molar-refractivity contribution in [1.82, 2.24) is 4.90 Å². The van der Waals surface area contributed by atoms with Gasteiger partial charge in [0.15, 0.2) is 0 Å². The molecule has 1 aliphatic rings. The van der Waals surface area contributed by atoms with Crippen LogP contribution in [0.4, 0.5) is 10.5 Å². The number of nitriles is 1. The van der Waals surface area contributed by atoms with Crippen LogP contribution in [0.3, 0.4) is 0 Å². The molecule has 21 heavy (non-hydrogen) atoms. The molecule has 0 aliphatic carbocycles. The van der Waals surface area contributed by atoms with Gasteiger partial charge in [-0.3, -0.25) is 4.79 Å². The van der Waals surface area contributed by atoms with Crippen molar-refractivity contribution in [3.05, 3.63) is 28.8 Å². The number of hydrogen-bond donors (Lipinski definition) is 2. The zero-order valence-corrected chi connectivity index (χ0v) is 12.1. The number of nitrogens with zero attached hydrogens (tertiary/aromatic N) is 2. The first-order valence-corrected chi connectivity index (χ1v) is 6.72. The van der Waals surface area contributed by atoms with Crippen LogP contribution in [-0.4, -0.2) is 35.1 Å². The number of hydrogen-bond acceptors (Lipinski definition) is 3. The summed E-state index contributed by atoms with van der Waals surface area (Å²) in [6.45, 7) is 2.11. The van der Waals surface area contributed by atoms with Crippen LogP contribution in [0.25, 0.3) is 0 Å². The van der Waals surface area contributed by atoms with Gasteiger partial charge in [0.1, 0.15) is 6.07 Å². The molecule has 0 aromatic heterocycles. The van der Waals surface area contributed by atoms with Crippen molar-refractivity contribution in [1.29, 1.82) is 5.26 Å². The van der Waals surface area contributed by atoms with Crippen molar-refractivity contribution in [2.75, 3.05) is 18.4 Å². The summed E-state index contributed by atoms with van der Waals surface area (Å²) in [7, 11) is 0. The quantitative estimate of drug-likeness (QED) is 0.878. The summed E-state index contributed by atoms with van der Waals surface area (Å²) in [5, 5.41) is 21.2. The number of aliphatic carboxylic acids is 1. The van der Waals surface area contributed by atoms with Crippen molar-refractivity contribution in [3.63, 3.8) is 0 Å². The normalized spacial score (nSPS) is 20.9.